The van der Waals surface area contributed by atoms with E-state index in [9.17, 15) is 4.79 Å². The van der Waals surface area contributed by atoms with Crippen molar-refractivity contribution in [3.63, 3.8) is 0 Å². The van der Waals surface area contributed by atoms with Gasteiger partial charge in [0.1, 0.15) is 0 Å². The Morgan fingerprint density at radius 2 is 2.29 bits per heavy atom. The quantitative estimate of drug-likeness (QED) is 0.481. The van der Waals surface area contributed by atoms with Crippen molar-refractivity contribution < 1.29 is 9.50 Å². The smallest absolute Gasteiger partial charge is 0.312 e. The molecular formula is C3H9FN2O. The average molecular weight is 108 g/mol. The van der Waals surface area contributed by atoms with Crippen molar-refractivity contribution in [1.82, 2.24) is 5.32 Å². The highest BCUT2D eigenvalue weighted by atomic mass is 19.0. The van der Waals surface area contributed by atoms with Crippen molar-refractivity contribution >= 4 is 6.03 Å². The summed E-state index contributed by atoms with van der Waals surface area (Å²) in [6.45, 7) is 2.42. The molecule has 0 aromatic rings. The van der Waals surface area contributed by atoms with Gasteiger partial charge in [0, 0.05) is 6.54 Å². The number of primary amides is 1. The minimum atomic E-state index is -0.461. The molecule has 3 N–H and O–H groups in total. The first-order valence-corrected chi connectivity index (χ1v) is 1.80. The second-order valence-corrected chi connectivity index (χ2v) is 0.895. The number of halogens is 1. The maximum absolute atomic E-state index is 9.71. The Hall–Kier alpha value is -0.800. The molecule has 4 heteroatoms. The molecule has 7 heavy (non-hydrogen) atoms. The van der Waals surface area contributed by atoms with E-state index in [0.717, 1.165) is 0 Å². The van der Waals surface area contributed by atoms with Crippen molar-refractivity contribution in [2.45, 2.75) is 6.92 Å². The number of hydrogen-bond donors (Lipinski definition) is 2. The molecule has 0 fully saturated rings. The molecular weight excluding hydrogens is 99.0 g/mol. The molecule has 0 spiro atoms. The molecule has 0 bridgehead atoms. The second-order valence-electron chi connectivity index (χ2n) is 0.895. The van der Waals surface area contributed by atoms with Crippen molar-refractivity contribution in [1.29, 1.82) is 0 Å². The molecule has 0 unspecified atom stereocenters. The molecule has 0 aliphatic rings. The van der Waals surface area contributed by atoms with Gasteiger partial charge in [0.05, 0.1) is 0 Å². The fourth-order valence-electron chi connectivity index (χ4n) is 0.174. The molecule has 0 aromatic carbocycles. The minimum absolute atomic E-state index is 0. The Morgan fingerprint density at radius 3 is 2.29 bits per heavy atom. The Labute approximate surface area is 41.2 Å². The van der Waals surface area contributed by atoms with E-state index in [-0.39, 0.29) is 4.70 Å². The van der Waals surface area contributed by atoms with Crippen LogP contribution in [-0.4, -0.2) is 12.6 Å². The van der Waals surface area contributed by atoms with Crippen LogP contribution in [0.5, 0.6) is 0 Å². The van der Waals surface area contributed by atoms with Crippen molar-refractivity contribution in [3.05, 3.63) is 0 Å². The highest BCUT2D eigenvalue weighted by Crippen LogP contribution is 1.49. The molecule has 44 valence electrons. The van der Waals surface area contributed by atoms with Crippen LogP contribution in [0.2, 0.25) is 0 Å². The molecule has 2 amide bonds. The molecule has 0 heterocycles. The highest BCUT2D eigenvalue weighted by Gasteiger charge is 1.79. The monoisotopic (exact) mass is 108 g/mol. The number of hydrogen-bond acceptors (Lipinski definition) is 1. The summed E-state index contributed by atoms with van der Waals surface area (Å²) in [5.74, 6) is 0. The maximum atomic E-state index is 9.71. The number of urea groups is 1. The first kappa shape index (κ1) is 9.50. The molecule has 0 aromatic heterocycles. The molecule has 0 saturated carbocycles. The van der Waals surface area contributed by atoms with E-state index in [2.05, 4.69) is 11.1 Å². The normalized spacial score (nSPS) is 6.43. The largest absolute Gasteiger partial charge is 0.352 e. The van der Waals surface area contributed by atoms with E-state index in [1.807, 2.05) is 6.92 Å². The molecule has 0 aliphatic heterocycles. The number of carbonyl (C=O) groups excluding carboxylic acids is 1. The summed E-state index contributed by atoms with van der Waals surface area (Å²) in [7, 11) is 0. The topological polar surface area (TPSA) is 55.1 Å². The predicted molar refractivity (Wildman–Crippen MR) is 25.8 cm³/mol. The first-order chi connectivity index (χ1) is 2.77. The van der Waals surface area contributed by atoms with E-state index < -0.39 is 6.03 Å². The molecule has 0 aliphatic carbocycles. The van der Waals surface area contributed by atoms with Gasteiger partial charge in [-0.1, -0.05) is 0 Å². The van der Waals surface area contributed by atoms with Gasteiger partial charge in [-0.3, -0.25) is 4.70 Å². The average Bonchev–Trinajstić information content (AvgIpc) is 1.35. The van der Waals surface area contributed by atoms with Gasteiger partial charge in [-0.2, -0.15) is 0 Å². The number of nitrogens with one attached hydrogen (secondary N) is 1. The summed E-state index contributed by atoms with van der Waals surface area (Å²) in [5, 5.41) is 2.35. The zero-order chi connectivity index (χ0) is 4.99. The van der Waals surface area contributed by atoms with Gasteiger partial charge < -0.3 is 11.1 Å². The van der Waals surface area contributed by atoms with Gasteiger partial charge in [0.2, 0.25) is 0 Å². The van der Waals surface area contributed by atoms with E-state index in [1.54, 1.807) is 0 Å². The molecule has 0 rings (SSSR count). The lowest BCUT2D eigenvalue weighted by atomic mass is 10.7. The van der Waals surface area contributed by atoms with Crippen LogP contribution in [0.15, 0.2) is 0 Å². The van der Waals surface area contributed by atoms with Gasteiger partial charge >= 0.3 is 6.03 Å². The van der Waals surface area contributed by atoms with Crippen LogP contribution in [0.3, 0.4) is 0 Å². The van der Waals surface area contributed by atoms with Gasteiger partial charge in [-0.25, -0.2) is 4.79 Å². The standard InChI is InChI=1S/C3H8N2O.FH/c1-2-5-3(4)6;/h2H2,1H3,(H3,4,5,6);1H. The van der Waals surface area contributed by atoms with Gasteiger partial charge in [-0.15, -0.1) is 0 Å². The Kier molecular flexibility index (Phi) is 7.06. The van der Waals surface area contributed by atoms with E-state index in [4.69, 9.17) is 0 Å². The third-order valence-electron chi connectivity index (χ3n) is 0.351. The Morgan fingerprint density at radius 1 is 1.86 bits per heavy atom. The lowest BCUT2D eigenvalue weighted by Gasteiger charge is -1.88. The van der Waals surface area contributed by atoms with Crippen molar-refractivity contribution in [2.24, 2.45) is 5.73 Å². The van der Waals surface area contributed by atoms with Gasteiger partial charge in [0.25, 0.3) is 0 Å². The van der Waals surface area contributed by atoms with Crippen LogP contribution in [-0.2, 0) is 0 Å². The lowest BCUT2D eigenvalue weighted by molar-refractivity contribution is 0.249. The summed E-state index contributed by atoms with van der Waals surface area (Å²) in [4.78, 5) is 9.71. The zero-order valence-electron chi connectivity index (χ0n) is 4.10. The number of amides is 2. The molecule has 3 nitrogen and oxygen atoms in total. The van der Waals surface area contributed by atoms with Crippen molar-refractivity contribution in [3.8, 4) is 0 Å². The third kappa shape index (κ3) is 11.0. The Bertz CT molecular complexity index is 56.9. The Balaban J connectivity index is 0. The summed E-state index contributed by atoms with van der Waals surface area (Å²) in [5.41, 5.74) is 4.65. The first-order valence-electron chi connectivity index (χ1n) is 1.80. The second kappa shape index (κ2) is 5.20. The lowest BCUT2D eigenvalue weighted by Crippen LogP contribution is -2.28. The number of carbonyl (C=O) groups is 1. The molecule has 0 radical (unpaired) electrons. The van der Waals surface area contributed by atoms with Crippen LogP contribution < -0.4 is 11.1 Å². The summed E-state index contributed by atoms with van der Waals surface area (Å²) < 4.78 is 0. The fourth-order valence-corrected chi connectivity index (χ4v) is 0.174. The third-order valence-corrected chi connectivity index (χ3v) is 0.351. The zero-order valence-corrected chi connectivity index (χ0v) is 4.10. The predicted octanol–water partition coefficient (Wildman–Crippen LogP) is -0.173. The number of nitrogens with two attached hydrogens (primary N) is 1. The van der Waals surface area contributed by atoms with Crippen LogP contribution in [0.4, 0.5) is 9.50 Å². The van der Waals surface area contributed by atoms with Gasteiger partial charge in [-0.05, 0) is 6.92 Å². The minimum Gasteiger partial charge on any atom is -0.352 e. The van der Waals surface area contributed by atoms with Crippen LogP contribution in [0.1, 0.15) is 6.92 Å². The van der Waals surface area contributed by atoms with E-state index >= 15 is 0 Å². The highest BCUT2D eigenvalue weighted by molar-refractivity contribution is 5.71. The van der Waals surface area contributed by atoms with Crippen LogP contribution in [0, 0.1) is 0 Å². The van der Waals surface area contributed by atoms with E-state index in [0.29, 0.717) is 6.54 Å². The SMILES string of the molecule is CCNC(N)=O.F. The van der Waals surface area contributed by atoms with Gasteiger partial charge in [0.15, 0.2) is 0 Å². The van der Waals surface area contributed by atoms with E-state index in [1.165, 1.54) is 0 Å². The molecule has 0 atom stereocenters. The van der Waals surface area contributed by atoms with Crippen LogP contribution in [0.25, 0.3) is 0 Å². The summed E-state index contributed by atoms with van der Waals surface area (Å²) in [6.07, 6.45) is 0. The maximum Gasteiger partial charge on any atom is 0.312 e. The summed E-state index contributed by atoms with van der Waals surface area (Å²) in [6, 6.07) is -0.461. The fraction of sp³-hybridized carbons (Fsp3) is 0.667. The molecule has 0 saturated heterocycles. The van der Waals surface area contributed by atoms with Crippen molar-refractivity contribution in [2.75, 3.05) is 6.54 Å². The van der Waals surface area contributed by atoms with Crippen LogP contribution >= 0.6 is 0 Å². The number of rotatable bonds is 1. The summed E-state index contributed by atoms with van der Waals surface area (Å²) >= 11 is 0.